The van der Waals surface area contributed by atoms with Crippen molar-refractivity contribution in [3.05, 3.63) is 65.5 Å². The van der Waals surface area contributed by atoms with E-state index in [1.165, 1.54) is 12.4 Å². The molecule has 0 saturated heterocycles. The summed E-state index contributed by atoms with van der Waals surface area (Å²) in [7, 11) is 3.35. The minimum absolute atomic E-state index is 0.176. The van der Waals surface area contributed by atoms with Gasteiger partial charge in [0.05, 0.1) is 11.1 Å². The number of amides is 2. The third kappa shape index (κ3) is 5.69. The first-order valence-corrected chi connectivity index (χ1v) is 8.13. The lowest BCUT2D eigenvalue weighted by Crippen LogP contribution is -2.28. The van der Waals surface area contributed by atoms with Gasteiger partial charge in [-0.25, -0.2) is 0 Å². The van der Waals surface area contributed by atoms with Gasteiger partial charge in [-0.05, 0) is 18.1 Å². The van der Waals surface area contributed by atoms with E-state index in [2.05, 4.69) is 10.3 Å². The number of nitrogens with zero attached hydrogens (tertiary/aromatic N) is 2. The molecule has 0 saturated carbocycles. The quantitative estimate of drug-likeness (QED) is 0.747. The van der Waals surface area contributed by atoms with Crippen LogP contribution in [0.1, 0.15) is 32.7 Å². The van der Waals surface area contributed by atoms with Gasteiger partial charge in [-0.1, -0.05) is 30.3 Å². The number of benzene rings is 1. The molecule has 0 bridgehead atoms. The SMILES string of the molecule is COCCCNC(=O)c1cncc(C(=O)N(C)Cc2ccccc2)c1. The molecule has 2 aromatic rings. The average Bonchev–Trinajstić information content (AvgIpc) is 2.65. The maximum absolute atomic E-state index is 12.6. The molecule has 1 aromatic carbocycles. The van der Waals surface area contributed by atoms with Gasteiger partial charge in [0.25, 0.3) is 11.8 Å². The molecule has 1 aromatic heterocycles. The Bertz CT molecular complexity index is 704. The van der Waals surface area contributed by atoms with Gasteiger partial charge < -0.3 is 15.0 Å². The van der Waals surface area contributed by atoms with Gasteiger partial charge in [0.1, 0.15) is 0 Å². The smallest absolute Gasteiger partial charge is 0.255 e. The normalized spacial score (nSPS) is 10.3. The first-order valence-electron chi connectivity index (χ1n) is 8.13. The van der Waals surface area contributed by atoms with Crippen molar-refractivity contribution in [2.75, 3.05) is 27.3 Å². The first-order chi connectivity index (χ1) is 12.1. The van der Waals surface area contributed by atoms with E-state index in [1.807, 2.05) is 30.3 Å². The number of carbonyl (C=O) groups excluding carboxylic acids is 2. The summed E-state index contributed by atoms with van der Waals surface area (Å²) in [6.07, 6.45) is 3.67. The zero-order valence-corrected chi connectivity index (χ0v) is 14.6. The van der Waals surface area contributed by atoms with Crippen LogP contribution in [0.5, 0.6) is 0 Å². The number of hydrogen-bond donors (Lipinski definition) is 1. The van der Waals surface area contributed by atoms with Crippen molar-refractivity contribution in [3.8, 4) is 0 Å². The van der Waals surface area contributed by atoms with E-state index < -0.39 is 0 Å². The fourth-order valence-electron chi connectivity index (χ4n) is 2.35. The predicted molar refractivity (Wildman–Crippen MR) is 95.3 cm³/mol. The van der Waals surface area contributed by atoms with Crippen molar-refractivity contribution in [2.24, 2.45) is 0 Å². The van der Waals surface area contributed by atoms with E-state index in [9.17, 15) is 9.59 Å². The van der Waals surface area contributed by atoms with Crippen molar-refractivity contribution >= 4 is 11.8 Å². The zero-order chi connectivity index (χ0) is 18.1. The van der Waals surface area contributed by atoms with Crippen LogP contribution in [0, 0.1) is 0 Å². The molecule has 1 heterocycles. The molecule has 0 unspecified atom stereocenters. The molecule has 0 aliphatic heterocycles. The minimum atomic E-state index is -0.246. The van der Waals surface area contributed by atoms with Gasteiger partial charge in [-0.15, -0.1) is 0 Å². The Morgan fingerprint density at radius 1 is 1.16 bits per heavy atom. The second kappa shape index (κ2) is 9.54. The highest BCUT2D eigenvalue weighted by atomic mass is 16.5. The Morgan fingerprint density at radius 2 is 1.88 bits per heavy atom. The van der Waals surface area contributed by atoms with Crippen molar-refractivity contribution in [3.63, 3.8) is 0 Å². The van der Waals surface area contributed by atoms with E-state index in [1.54, 1.807) is 25.1 Å². The number of pyridine rings is 1. The largest absolute Gasteiger partial charge is 0.385 e. The molecule has 2 amide bonds. The van der Waals surface area contributed by atoms with Gasteiger partial charge >= 0.3 is 0 Å². The number of hydrogen-bond acceptors (Lipinski definition) is 4. The summed E-state index contributed by atoms with van der Waals surface area (Å²) in [6.45, 7) is 1.59. The van der Waals surface area contributed by atoms with Gasteiger partial charge in [-0.3, -0.25) is 14.6 Å². The predicted octanol–water partition coefficient (Wildman–Crippen LogP) is 2.12. The lowest BCUT2D eigenvalue weighted by atomic mass is 10.1. The van der Waals surface area contributed by atoms with Crippen LogP contribution in [0.25, 0.3) is 0 Å². The molecule has 0 fully saturated rings. The molecule has 132 valence electrons. The Balaban J connectivity index is 1.99. The Morgan fingerprint density at radius 3 is 2.60 bits per heavy atom. The van der Waals surface area contributed by atoms with E-state index >= 15 is 0 Å². The van der Waals surface area contributed by atoms with Gasteiger partial charge in [0.2, 0.25) is 0 Å². The zero-order valence-electron chi connectivity index (χ0n) is 14.6. The molecule has 25 heavy (non-hydrogen) atoms. The lowest BCUT2D eigenvalue weighted by molar-refractivity contribution is 0.0784. The van der Waals surface area contributed by atoms with Gasteiger partial charge in [0, 0.05) is 46.2 Å². The van der Waals surface area contributed by atoms with Crippen LogP contribution in [-0.2, 0) is 11.3 Å². The fourth-order valence-corrected chi connectivity index (χ4v) is 2.35. The summed E-state index contributed by atoms with van der Waals surface area (Å²) in [4.78, 5) is 30.3. The number of aromatic nitrogens is 1. The van der Waals surface area contributed by atoms with Crippen LogP contribution in [-0.4, -0.2) is 49.0 Å². The number of methoxy groups -OCH3 is 1. The second-order valence-corrected chi connectivity index (χ2v) is 5.71. The first kappa shape index (κ1) is 18.6. The van der Waals surface area contributed by atoms with Gasteiger partial charge in [0.15, 0.2) is 0 Å². The topological polar surface area (TPSA) is 71.5 Å². The summed E-state index contributed by atoms with van der Waals surface area (Å²) in [5.74, 6) is -0.422. The Hall–Kier alpha value is -2.73. The van der Waals surface area contributed by atoms with Crippen LogP contribution >= 0.6 is 0 Å². The molecule has 0 radical (unpaired) electrons. The molecular formula is C19H23N3O3. The third-order valence-electron chi connectivity index (χ3n) is 3.67. The maximum atomic E-state index is 12.6. The fraction of sp³-hybridized carbons (Fsp3) is 0.316. The number of nitrogens with one attached hydrogen (secondary N) is 1. The molecule has 6 nitrogen and oxygen atoms in total. The molecule has 0 atom stereocenters. The average molecular weight is 341 g/mol. The Kier molecular flexibility index (Phi) is 7.10. The second-order valence-electron chi connectivity index (χ2n) is 5.71. The number of ether oxygens (including phenoxy) is 1. The highest BCUT2D eigenvalue weighted by Gasteiger charge is 2.15. The molecule has 0 aliphatic carbocycles. The van der Waals surface area contributed by atoms with Crippen molar-refractivity contribution in [2.45, 2.75) is 13.0 Å². The third-order valence-corrected chi connectivity index (χ3v) is 3.67. The van der Waals surface area contributed by atoms with Crippen molar-refractivity contribution in [1.82, 2.24) is 15.2 Å². The van der Waals surface area contributed by atoms with Crippen molar-refractivity contribution in [1.29, 1.82) is 0 Å². The van der Waals surface area contributed by atoms with Crippen LogP contribution in [0.2, 0.25) is 0 Å². The molecule has 0 aliphatic rings. The summed E-state index contributed by atoms with van der Waals surface area (Å²) < 4.78 is 4.94. The molecule has 0 spiro atoms. The molecule has 6 heteroatoms. The maximum Gasteiger partial charge on any atom is 0.255 e. The molecule has 2 rings (SSSR count). The van der Waals surface area contributed by atoms with E-state index in [0.717, 1.165) is 12.0 Å². The van der Waals surface area contributed by atoms with E-state index in [4.69, 9.17) is 4.74 Å². The number of rotatable bonds is 8. The molecular weight excluding hydrogens is 318 g/mol. The van der Waals surface area contributed by atoms with E-state index in [-0.39, 0.29) is 11.8 Å². The van der Waals surface area contributed by atoms with E-state index in [0.29, 0.717) is 30.8 Å². The molecule has 1 N–H and O–H groups in total. The summed E-state index contributed by atoms with van der Waals surface area (Å²) in [6, 6.07) is 11.3. The van der Waals surface area contributed by atoms with Crippen LogP contribution in [0.4, 0.5) is 0 Å². The summed E-state index contributed by atoms with van der Waals surface area (Å²) in [5.41, 5.74) is 1.80. The van der Waals surface area contributed by atoms with Gasteiger partial charge in [-0.2, -0.15) is 0 Å². The Labute approximate surface area is 147 Å². The summed E-state index contributed by atoms with van der Waals surface area (Å²) in [5, 5.41) is 2.79. The van der Waals surface area contributed by atoms with Crippen LogP contribution < -0.4 is 5.32 Å². The summed E-state index contributed by atoms with van der Waals surface area (Å²) >= 11 is 0. The minimum Gasteiger partial charge on any atom is -0.385 e. The number of carbonyl (C=O) groups is 2. The highest BCUT2D eigenvalue weighted by Crippen LogP contribution is 2.09. The standard InChI is InChI=1S/C19H23N3O3/c1-22(14-15-7-4-3-5-8-15)19(24)17-11-16(12-20-13-17)18(23)21-9-6-10-25-2/h3-5,7-8,11-13H,6,9-10,14H2,1-2H3,(H,21,23). The lowest BCUT2D eigenvalue weighted by Gasteiger charge is -2.17. The monoisotopic (exact) mass is 341 g/mol. The van der Waals surface area contributed by atoms with Crippen LogP contribution in [0.15, 0.2) is 48.8 Å². The highest BCUT2D eigenvalue weighted by molar-refractivity contribution is 5.99. The van der Waals surface area contributed by atoms with Crippen LogP contribution in [0.3, 0.4) is 0 Å². The van der Waals surface area contributed by atoms with Crippen molar-refractivity contribution < 1.29 is 14.3 Å².